The molecule has 2 saturated heterocycles. The molecule has 118 valence electrons. The molecule has 3 rings (SSSR count). The van der Waals surface area contributed by atoms with Crippen LogP contribution in [-0.4, -0.2) is 50.3 Å². The van der Waals surface area contributed by atoms with Crippen LogP contribution in [0.4, 0.5) is 0 Å². The molecule has 0 saturated carbocycles. The van der Waals surface area contributed by atoms with Crippen molar-refractivity contribution in [1.29, 1.82) is 0 Å². The molecule has 1 aromatic rings. The molecular formula is C14H23N3O2S2. The van der Waals surface area contributed by atoms with Crippen LogP contribution in [0.25, 0.3) is 0 Å². The molecule has 2 N–H and O–H groups in total. The fourth-order valence-corrected chi connectivity index (χ4v) is 6.45. The molecule has 0 spiro atoms. The zero-order valence-electron chi connectivity index (χ0n) is 12.4. The largest absolute Gasteiger partial charge is 0.326 e. The van der Waals surface area contributed by atoms with Crippen molar-refractivity contribution in [3.05, 3.63) is 17.0 Å². The van der Waals surface area contributed by atoms with Crippen LogP contribution in [0.15, 0.2) is 15.7 Å². The van der Waals surface area contributed by atoms with E-state index in [4.69, 9.17) is 5.73 Å². The number of piperidine rings is 2. The van der Waals surface area contributed by atoms with Gasteiger partial charge in [0, 0.05) is 25.7 Å². The fourth-order valence-electron chi connectivity index (χ4n) is 3.56. The van der Waals surface area contributed by atoms with Gasteiger partial charge < -0.3 is 10.6 Å². The second-order valence-electron chi connectivity index (χ2n) is 6.08. The minimum absolute atomic E-state index is 0.390. The maximum atomic E-state index is 12.8. The Hall–Kier alpha value is -0.470. The Morgan fingerprint density at radius 1 is 1.38 bits per heavy atom. The number of nitrogens with zero attached hydrogens (tertiary/aromatic N) is 2. The van der Waals surface area contributed by atoms with Crippen LogP contribution in [0.5, 0.6) is 0 Å². The summed E-state index contributed by atoms with van der Waals surface area (Å²) in [5.41, 5.74) is 6.47. The van der Waals surface area contributed by atoms with Crippen molar-refractivity contribution >= 4 is 21.4 Å². The topological polar surface area (TPSA) is 66.6 Å². The van der Waals surface area contributed by atoms with Crippen LogP contribution in [0.2, 0.25) is 0 Å². The van der Waals surface area contributed by atoms with E-state index in [1.54, 1.807) is 10.4 Å². The van der Waals surface area contributed by atoms with Crippen molar-refractivity contribution in [2.75, 3.05) is 26.7 Å². The molecule has 0 radical (unpaired) electrons. The Kier molecular flexibility index (Phi) is 4.38. The first-order valence-corrected chi connectivity index (χ1v) is 9.82. The number of likely N-dealkylation sites (tertiary alicyclic amines) is 1. The molecule has 0 aliphatic carbocycles. The number of hydrogen-bond donors (Lipinski definition) is 1. The number of thiophene rings is 1. The first kappa shape index (κ1) is 15.4. The number of nitrogens with two attached hydrogens (primary N) is 1. The lowest BCUT2D eigenvalue weighted by Crippen LogP contribution is -2.53. The van der Waals surface area contributed by atoms with E-state index in [2.05, 4.69) is 11.9 Å². The number of hydrogen-bond acceptors (Lipinski definition) is 5. The van der Waals surface area contributed by atoms with E-state index in [1.807, 2.05) is 5.38 Å². The summed E-state index contributed by atoms with van der Waals surface area (Å²) < 4.78 is 27.6. The van der Waals surface area contributed by atoms with Gasteiger partial charge in [0.2, 0.25) is 0 Å². The average Bonchev–Trinajstić information content (AvgIpc) is 2.97. The molecule has 5 nitrogen and oxygen atoms in total. The Labute approximate surface area is 130 Å². The van der Waals surface area contributed by atoms with Crippen LogP contribution in [0.3, 0.4) is 0 Å². The highest BCUT2D eigenvalue weighted by Gasteiger charge is 2.38. The summed E-state index contributed by atoms with van der Waals surface area (Å²) in [5, 5.41) is 1.84. The van der Waals surface area contributed by atoms with E-state index in [0.29, 0.717) is 35.8 Å². The van der Waals surface area contributed by atoms with Gasteiger partial charge in [0.15, 0.2) is 0 Å². The van der Waals surface area contributed by atoms with Crippen molar-refractivity contribution in [3.8, 4) is 0 Å². The van der Waals surface area contributed by atoms with Crippen LogP contribution in [0.1, 0.15) is 24.8 Å². The van der Waals surface area contributed by atoms with Crippen molar-refractivity contribution in [1.82, 2.24) is 9.21 Å². The lowest BCUT2D eigenvalue weighted by molar-refractivity contribution is 0.0672. The zero-order valence-corrected chi connectivity index (χ0v) is 14.0. The van der Waals surface area contributed by atoms with Gasteiger partial charge in [-0.25, -0.2) is 8.42 Å². The first-order valence-electron chi connectivity index (χ1n) is 7.50. The van der Waals surface area contributed by atoms with Gasteiger partial charge in [0.25, 0.3) is 10.0 Å². The molecule has 3 heterocycles. The van der Waals surface area contributed by atoms with Gasteiger partial charge in [-0.05, 0) is 55.8 Å². The quantitative estimate of drug-likeness (QED) is 0.908. The van der Waals surface area contributed by atoms with Gasteiger partial charge in [-0.2, -0.15) is 4.31 Å². The lowest BCUT2D eigenvalue weighted by atomic mass is 9.85. The molecular weight excluding hydrogens is 306 g/mol. The van der Waals surface area contributed by atoms with Crippen molar-refractivity contribution in [3.63, 3.8) is 0 Å². The third kappa shape index (κ3) is 2.90. The molecule has 0 bridgehead atoms. The first-order chi connectivity index (χ1) is 10.0. The Morgan fingerprint density at radius 2 is 2.19 bits per heavy atom. The van der Waals surface area contributed by atoms with Crippen LogP contribution in [0, 0.1) is 5.92 Å². The van der Waals surface area contributed by atoms with E-state index in [-0.39, 0.29) is 0 Å². The monoisotopic (exact) mass is 329 g/mol. The SMILES string of the molecule is CN1CCCC2CN(S(=O)(=O)c3cc(CN)cs3)CCC21. The zero-order chi connectivity index (χ0) is 15.0. The smallest absolute Gasteiger partial charge is 0.252 e. The maximum Gasteiger partial charge on any atom is 0.252 e. The molecule has 2 unspecified atom stereocenters. The second-order valence-corrected chi connectivity index (χ2v) is 9.16. The maximum absolute atomic E-state index is 12.8. The summed E-state index contributed by atoms with van der Waals surface area (Å²) in [6.45, 7) is 2.82. The summed E-state index contributed by atoms with van der Waals surface area (Å²) in [5.74, 6) is 0.473. The van der Waals surface area contributed by atoms with Gasteiger partial charge >= 0.3 is 0 Å². The number of sulfonamides is 1. The fraction of sp³-hybridized carbons (Fsp3) is 0.714. The van der Waals surface area contributed by atoms with Crippen LogP contribution >= 0.6 is 11.3 Å². The molecule has 0 amide bonds. The van der Waals surface area contributed by atoms with E-state index in [1.165, 1.54) is 17.8 Å². The Balaban J connectivity index is 1.78. The molecule has 7 heteroatoms. The summed E-state index contributed by atoms with van der Waals surface area (Å²) in [7, 11) is -1.18. The van der Waals surface area contributed by atoms with E-state index < -0.39 is 10.0 Å². The third-order valence-electron chi connectivity index (χ3n) is 4.77. The van der Waals surface area contributed by atoms with Crippen molar-refractivity contribution in [2.24, 2.45) is 11.7 Å². The highest BCUT2D eigenvalue weighted by atomic mass is 32.2. The van der Waals surface area contributed by atoms with E-state index >= 15 is 0 Å². The molecule has 0 aromatic carbocycles. The normalized spacial score (nSPS) is 28.5. The highest BCUT2D eigenvalue weighted by molar-refractivity contribution is 7.91. The molecule has 1 aromatic heterocycles. The Morgan fingerprint density at radius 3 is 2.90 bits per heavy atom. The molecule has 2 atom stereocenters. The summed E-state index contributed by atoms with van der Waals surface area (Å²) >= 11 is 1.28. The van der Waals surface area contributed by atoms with Gasteiger partial charge in [-0.3, -0.25) is 0 Å². The van der Waals surface area contributed by atoms with Crippen LogP contribution in [-0.2, 0) is 16.6 Å². The van der Waals surface area contributed by atoms with E-state index in [0.717, 1.165) is 24.9 Å². The third-order valence-corrected chi connectivity index (χ3v) is 8.10. The van der Waals surface area contributed by atoms with Crippen molar-refractivity contribution < 1.29 is 8.42 Å². The Bertz CT molecular complexity index is 599. The van der Waals surface area contributed by atoms with E-state index in [9.17, 15) is 8.42 Å². The molecule has 21 heavy (non-hydrogen) atoms. The molecule has 2 fully saturated rings. The van der Waals surface area contributed by atoms with Gasteiger partial charge in [0.05, 0.1) is 0 Å². The number of rotatable bonds is 3. The summed E-state index contributed by atoms with van der Waals surface area (Å²) in [4.78, 5) is 2.40. The molecule has 2 aliphatic rings. The second kappa shape index (κ2) is 5.96. The molecule has 2 aliphatic heterocycles. The summed E-state index contributed by atoms with van der Waals surface area (Å²) in [6.07, 6.45) is 3.25. The van der Waals surface area contributed by atoms with Gasteiger partial charge in [0.1, 0.15) is 4.21 Å². The highest BCUT2D eigenvalue weighted by Crippen LogP contribution is 2.33. The standard InChI is InChI=1S/C14H23N3O2S2/c1-16-5-2-3-12-9-17(6-4-13(12)16)21(18,19)14-7-11(8-15)10-20-14/h7,10,12-13H,2-6,8-9,15H2,1H3. The minimum Gasteiger partial charge on any atom is -0.326 e. The van der Waals surface area contributed by atoms with Gasteiger partial charge in [-0.1, -0.05) is 0 Å². The number of fused-ring (bicyclic) bond motifs is 1. The predicted octanol–water partition coefficient (Wildman–Crippen LogP) is 1.31. The minimum atomic E-state index is -3.34. The van der Waals surface area contributed by atoms with Crippen LogP contribution < -0.4 is 5.73 Å². The van der Waals surface area contributed by atoms with Gasteiger partial charge in [-0.15, -0.1) is 11.3 Å². The predicted molar refractivity (Wildman–Crippen MR) is 84.7 cm³/mol. The average molecular weight is 329 g/mol. The summed E-state index contributed by atoms with van der Waals surface area (Å²) in [6, 6.07) is 2.27. The lowest BCUT2D eigenvalue weighted by Gasteiger charge is -2.45. The van der Waals surface area contributed by atoms with Crippen molar-refractivity contribution in [2.45, 2.75) is 36.1 Å².